The highest BCUT2D eigenvalue weighted by atomic mass is 16.5. The van der Waals surface area contributed by atoms with Gasteiger partial charge in [0.15, 0.2) is 0 Å². The van der Waals surface area contributed by atoms with Crippen molar-refractivity contribution >= 4 is 5.91 Å². The van der Waals surface area contributed by atoms with Crippen LogP contribution in [0.15, 0.2) is 48.5 Å². The van der Waals surface area contributed by atoms with Crippen molar-refractivity contribution in [3.8, 4) is 5.75 Å². The molecule has 0 atom stereocenters. The third-order valence-electron chi connectivity index (χ3n) is 3.66. The van der Waals surface area contributed by atoms with E-state index in [0.29, 0.717) is 12.1 Å². The van der Waals surface area contributed by atoms with Crippen LogP contribution in [0, 0.1) is 0 Å². The molecular weight excluding hydrogens is 276 g/mol. The molecule has 0 radical (unpaired) electrons. The Morgan fingerprint density at radius 1 is 1.14 bits per heavy atom. The summed E-state index contributed by atoms with van der Waals surface area (Å²) < 4.78 is 5.38. The molecule has 2 rings (SSSR count). The Labute approximate surface area is 131 Å². The van der Waals surface area contributed by atoms with Crippen LogP contribution < -0.4 is 15.8 Å². The van der Waals surface area contributed by atoms with Crippen LogP contribution in [0.3, 0.4) is 0 Å². The van der Waals surface area contributed by atoms with E-state index >= 15 is 0 Å². The molecule has 0 aliphatic rings. The number of para-hydroxylation sites is 1. The van der Waals surface area contributed by atoms with E-state index in [0.717, 1.165) is 16.9 Å². The first-order valence-corrected chi connectivity index (χ1v) is 7.23. The smallest absolute Gasteiger partial charge is 0.251 e. The maximum atomic E-state index is 12.4. The average Bonchev–Trinajstić information content (AvgIpc) is 2.54. The summed E-state index contributed by atoms with van der Waals surface area (Å²) in [5.74, 6) is 0.630. The van der Waals surface area contributed by atoms with Crippen LogP contribution in [0.5, 0.6) is 5.75 Å². The highest BCUT2D eigenvalue weighted by molar-refractivity contribution is 5.94. The Morgan fingerprint density at radius 2 is 1.77 bits per heavy atom. The number of methoxy groups -OCH3 is 1. The lowest BCUT2D eigenvalue weighted by atomic mass is 9.92. The van der Waals surface area contributed by atoms with E-state index in [2.05, 4.69) is 5.32 Å². The molecule has 4 nitrogen and oxygen atoms in total. The van der Waals surface area contributed by atoms with E-state index < -0.39 is 5.54 Å². The fourth-order valence-corrected chi connectivity index (χ4v) is 2.38. The predicted molar refractivity (Wildman–Crippen MR) is 87.8 cm³/mol. The van der Waals surface area contributed by atoms with E-state index in [1.807, 2.05) is 50.2 Å². The minimum atomic E-state index is -0.545. The van der Waals surface area contributed by atoms with Gasteiger partial charge in [0.05, 0.1) is 12.6 Å². The second-order valence-corrected chi connectivity index (χ2v) is 5.68. The second-order valence-electron chi connectivity index (χ2n) is 5.68. The number of carbonyl (C=O) groups is 1. The number of nitrogens with two attached hydrogens (primary N) is 1. The Morgan fingerprint density at radius 3 is 2.36 bits per heavy atom. The number of rotatable bonds is 5. The van der Waals surface area contributed by atoms with Crippen molar-refractivity contribution in [2.75, 3.05) is 7.11 Å². The van der Waals surface area contributed by atoms with Gasteiger partial charge in [-0.2, -0.15) is 0 Å². The molecule has 0 heterocycles. The summed E-state index contributed by atoms with van der Waals surface area (Å²) in [6, 6.07) is 15.0. The molecule has 0 aromatic heterocycles. The standard InChI is InChI=1S/C18H22N2O2/c1-18(2,15-6-4-5-7-16(15)22-3)20-17(21)14-10-8-13(12-19)9-11-14/h4-11H,12,19H2,1-3H3,(H,20,21). The third kappa shape index (κ3) is 3.46. The SMILES string of the molecule is COc1ccccc1C(C)(C)NC(=O)c1ccc(CN)cc1. The van der Waals surface area contributed by atoms with Crippen molar-refractivity contribution in [2.24, 2.45) is 5.73 Å². The molecule has 22 heavy (non-hydrogen) atoms. The monoisotopic (exact) mass is 298 g/mol. The normalized spacial score (nSPS) is 11.1. The van der Waals surface area contributed by atoms with Gasteiger partial charge in [0, 0.05) is 17.7 Å². The zero-order chi connectivity index (χ0) is 16.2. The zero-order valence-corrected chi connectivity index (χ0v) is 13.2. The fraction of sp³-hybridized carbons (Fsp3) is 0.278. The molecule has 2 aromatic carbocycles. The van der Waals surface area contributed by atoms with Crippen molar-refractivity contribution in [3.05, 3.63) is 65.2 Å². The number of ether oxygens (including phenoxy) is 1. The summed E-state index contributed by atoms with van der Waals surface area (Å²) in [5, 5.41) is 3.05. The van der Waals surface area contributed by atoms with Crippen molar-refractivity contribution in [1.29, 1.82) is 0 Å². The van der Waals surface area contributed by atoms with Gasteiger partial charge < -0.3 is 15.8 Å². The molecule has 0 fully saturated rings. The first-order valence-electron chi connectivity index (χ1n) is 7.23. The van der Waals surface area contributed by atoms with Crippen LogP contribution >= 0.6 is 0 Å². The summed E-state index contributed by atoms with van der Waals surface area (Å²) in [7, 11) is 1.63. The first-order chi connectivity index (χ1) is 10.5. The van der Waals surface area contributed by atoms with Gasteiger partial charge in [0.25, 0.3) is 5.91 Å². The maximum absolute atomic E-state index is 12.4. The van der Waals surface area contributed by atoms with Gasteiger partial charge >= 0.3 is 0 Å². The largest absolute Gasteiger partial charge is 0.496 e. The van der Waals surface area contributed by atoms with E-state index in [-0.39, 0.29) is 5.91 Å². The first kappa shape index (κ1) is 16.0. The molecule has 0 unspecified atom stereocenters. The number of hydrogen-bond acceptors (Lipinski definition) is 3. The van der Waals surface area contributed by atoms with E-state index in [1.54, 1.807) is 19.2 Å². The Balaban J connectivity index is 2.21. The molecule has 0 spiro atoms. The molecule has 4 heteroatoms. The molecule has 2 aromatic rings. The van der Waals surface area contributed by atoms with Crippen molar-refractivity contribution in [3.63, 3.8) is 0 Å². The average molecular weight is 298 g/mol. The number of benzene rings is 2. The van der Waals surface area contributed by atoms with Gasteiger partial charge in [-0.05, 0) is 37.6 Å². The van der Waals surface area contributed by atoms with Gasteiger partial charge in [0.1, 0.15) is 5.75 Å². The number of nitrogens with one attached hydrogen (secondary N) is 1. The lowest BCUT2D eigenvalue weighted by Gasteiger charge is -2.28. The Hall–Kier alpha value is -2.33. The number of amides is 1. The van der Waals surface area contributed by atoms with Gasteiger partial charge in [-0.1, -0.05) is 30.3 Å². The van der Waals surface area contributed by atoms with E-state index in [4.69, 9.17) is 10.5 Å². The topological polar surface area (TPSA) is 64.3 Å². The van der Waals surface area contributed by atoms with Crippen LogP contribution in [-0.4, -0.2) is 13.0 Å². The zero-order valence-electron chi connectivity index (χ0n) is 13.2. The molecule has 3 N–H and O–H groups in total. The summed E-state index contributed by atoms with van der Waals surface area (Å²) >= 11 is 0. The minimum absolute atomic E-state index is 0.125. The molecule has 1 amide bonds. The number of carbonyl (C=O) groups excluding carboxylic acids is 1. The van der Waals surface area contributed by atoms with Crippen LogP contribution in [0.25, 0.3) is 0 Å². The minimum Gasteiger partial charge on any atom is -0.496 e. The lowest BCUT2D eigenvalue weighted by molar-refractivity contribution is 0.0911. The maximum Gasteiger partial charge on any atom is 0.251 e. The Bertz CT molecular complexity index is 648. The van der Waals surface area contributed by atoms with E-state index in [1.165, 1.54) is 0 Å². The quantitative estimate of drug-likeness (QED) is 0.892. The molecule has 0 bridgehead atoms. The van der Waals surface area contributed by atoms with Crippen LogP contribution in [-0.2, 0) is 12.1 Å². The summed E-state index contributed by atoms with van der Waals surface area (Å²) in [4.78, 5) is 12.4. The van der Waals surface area contributed by atoms with Crippen molar-refractivity contribution in [2.45, 2.75) is 25.9 Å². The van der Waals surface area contributed by atoms with Gasteiger partial charge in [-0.15, -0.1) is 0 Å². The second kappa shape index (κ2) is 6.62. The molecule has 0 aliphatic heterocycles. The van der Waals surface area contributed by atoms with Gasteiger partial charge in [-0.3, -0.25) is 4.79 Å². The summed E-state index contributed by atoms with van der Waals surface area (Å²) in [6.07, 6.45) is 0. The molecular formula is C18H22N2O2. The molecule has 0 aliphatic carbocycles. The number of hydrogen-bond donors (Lipinski definition) is 2. The Kier molecular flexibility index (Phi) is 4.83. The highest BCUT2D eigenvalue weighted by Crippen LogP contribution is 2.29. The summed E-state index contributed by atoms with van der Waals surface area (Å²) in [5.41, 5.74) is 7.57. The molecule has 116 valence electrons. The van der Waals surface area contributed by atoms with Crippen LogP contribution in [0.2, 0.25) is 0 Å². The predicted octanol–water partition coefficient (Wildman–Crippen LogP) is 2.82. The fourth-order valence-electron chi connectivity index (χ4n) is 2.38. The molecule has 0 saturated heterocycles. The van der Waals surface area contributed by atoms with E-state index in [9.17, 15) is 4.79 Å². The van der Waals surface area contributed by atoms with Crippen LogP contribution in [0.4, 0.5) is 0 Å². The van der Waals surface area contributed by atoms with Crippen LogP contribution in [0.1, 0.15) is 35.3 Å². The lowest BCUT2D eigenvalue weighted by Crippen LogP contribution is -2.41. The van der Waals surface area contributed by atoms with Gasteiger partial charge in [0.2, 0.25) is 0 Å². The van der Waals surface area contributed by atoms with Crippen molar-refractivity contribution in [1.82, 2.24) is 5.32 Å². The van der Waals surface area contributed by atoms with Crippen molar-refractivity contribution < 1.29 is 9.53 Å². The third-order valence-corrected chi connectivity index (χ3v) is 3.66. The van der Waals surface area contributed by atoms with Gasteiger partial charge in [-0.25, -0.2) is 0 Å². The summed E-state index contributed by atoms with van der Waals surface area (Å²) in [6.45, 7) is 4.38. The molecule has 0 saturated carbocycles. The highest BCUT2D eigenvalue weighted by Gasteiger charge is 2.26.